The van der Waals surface area contributed by atoms with Crippen molar-refractivity contribution in [3.8, 4) is 0 Å². The number of aliphatic hydroxyl groups is 1. The molecule has 0 unspecified atom stereocenters. The number of rotatable bonds is 7. The molecule has 2 bridgehead atoms. The molecule has 5 heteroatoms. The van der Waals surface area contributed by atoms with Crippen LogP contribution in [0, 0.1) is 0 Å². The Balaban J connectivity index is 2.15. The van der Waals surface area contributed by atoms with E-state index in [0.717, 1.165) is 25.7 Å². The summed E-state index contributed by atoms with van der Waals surface area (Å²) in [6.45, 7) is 4.77. The van der Waals surface area contributed by atoms with Crippen LogP contribution in [0.15, 0.2) is 35.9 Å². The molecule has 124 valence electrons. The summed E-state index contributed by atoms with van der Waals surface area (Å²) in [4.78, 5) is 0. The van der Waals surface area contributed by atoms with Crippen LogP contribution >= 0.6 is 0 Å². The molecule has 4 atom stereocenters. The lowest BCUT2D eigenvalue weighted by molar-refractivity contribution is -0.104. The fraction of sp³-hybridized carbons (Fsp3) is 0.647. The average molecular weight is 312 g/mol. The maximum absolute atomic E-state index is 13.4. The maximum atomic E-state index is 13.4. The van der Waals surface area contributed by atoms with Crippen molar-refractivity contribution in [2.24, 2.45) is 0 Å². The molecule has 2 saturated heterocycles. The molecule has 22 heavy (non-hydrogen) atoms. The van der Waals surface area contributed by atoms with Gasteiger partial charge in [-0.25, -0.2) is 4.39 Å². The lowest BCUT2D eigenvalue weighted by atomic mass is 10.0. The zero-order valence-corrected chi connectivity index (χ0v) is 13.3. The summed E-state index contributed by atoms with van der Waals surface area (Å²) < 4.78 is 30.4. The summed E-state index contributed by atoms with van der Waals surface area (Å²) in [5.74, 6) is 0.0339. The molecule has 0 aliphatic carbocycles. The third-order valence-electron chi connectivity index (χ3n) is 4.16. The Morgan fingerprint density at radius 3 is 2.50 bits per heavy atom. The molecular formula is C17H25FO4. The van der Waals surface area contributed by atoms with Crippen LogP contribution in [0.3, 0.4) is 0 Å². The SMILES string of the molecule is C=C/C(OC)=C(\C=C(/C)F)[C@H](CO)O[C@@H]1C[C@H]2CC[C@@H](C1)O2. The van der Waals surface area contributed by atoms with Crippen LogP contribution in [0.5, 0.6) is 0 Å². The van der Waals surface area contributed by atoms with E-state index in [1.165, 1.54) is 26.2 Å². The van der Waals surface area contributed by atoms with Crippen LogP contribution in [0.25, 0.3) is 0 Å². The van der Waals surface area contributed by atoms with Crippen LogP contribution in [0.4, 0.5) is 4.39 Å². The van der Waals surface area contributed by atoms with Gasteiger partial charge in [-0.3, -0.25) is 0 Å². The highest BCUT2D eigenvalue weighted by molar-refractivity contribution is 5.33. The first-order valence-corrected chi connectivity index (χ1v) is 7.73. The summed E-state index contributed by atoms with van der Waals surface area (Å²) in [7, 11) is 1.49. The molecule has 0 aromatic carbocycles. The number of halogens is 1. The maximum Gasteiger partial charge on any atom is 0.124 e. The fourth-order valence-electron chi connectivity index (χ4n) is 3.22. The minimum absolute atomic E-state index is 0.00892. The van der Waals surface area contributed by atoms with Crippen molar-refractivity contribution in [2.75, 3.05) is 13.7 Å². The van der Waals surface area contributed by atoms with Gasteiger partial charge < -0.3 is 19.3 Å². The van der Waals surface area contributed by atoms with Crippen molar-refractivity contribution >= 4 is 0 Å². The highest BCUT2D eigenvalue weighted by Crippen LogP contribution is 2.35. The Labute approximate surface area is 131 Å². The Morgan fingerprint density at radius 1 is 1.41 bits per heavy atom. The summed E-state index contributed by atoms with van der Waals surface area (Å²) in [6, 6.07) is 0. The number of aliphatic hydroxyl groups excluding tert-OH is 1. The molecule has 2 aliphatic heterocycles. The van der Waals surface area contributed by atoms with Crippen molar-refractivity contribution in [3.05, 3.63) is 35.9 Å². The second-order valence-corrected chi connectivity index (χ2v) is 5.82. The highest BCUT2D eigenvalue weighted by Gasteiger charge is 2.36. The van der Waals surface area contributed by atoms with Crippen LogP contribution in [0.2, 0.25) is 0 Å². The second-order valence-electron chi connectivity index (χ2n) is 5.82. The molecule has 0 aromatic heterocycles. The average Bonchev–Trinajstić information content (AvgIpc) is 2.83. The van der Waals surface area contributed by atoms with E-state index in [0.29, 0.717) is 11.3 Å². The van der Waals surface area contributed by atoms with Gasteiger partial charge in [-0.2, -0.15) is 0 Å². The van der Waals surface area contributed by atoms with Crippen molar-refractivity contribution in [1.29, 1.82) is 0 Å². The first-order chi connectivity index (χ1) is 10.6. The number of allylic oxidation sites excluding steroid dienone is 2. The fourth-order valence-corrected chi connectivity index (χ4v) is 3.22. The molecule has 0 spiro atoms. The lowest BCUT2D eigenvalue weighted by Gasteiger charge is -2.31. The topological polar surface area (TPSA) is 47.9 Å². The van der Waals surface area contributed by atoms with Crippen LogP contribution in [-0.2, 0) is 14.2 Å². The zero-order valence-electron chi connectivity index (χ0n) is 13.3. The molecule has 2 heterocycles. The van der Waals surface area contributed by atoms with Gasteiger partial charge in [0.25, 0.3) is 0 Å². The number of hydrogen-bond acceptors (Lipinski definition) is 4. The number of methoxy groups -OCH3 is 1. The van der Waals surface area contributed by atoms with E-state index < -0.39 is 6.10 Å². The summed E-state index contributed by atoms with van der Waals surface area (Å²) in [6.07, 6.45) is 6.45. The van der Waals surface area contributed by atoms with Gasteiger partial charge in [-0.15, -0.1) is 0 Å². The molecular weight excluding hydrogens is 287 g/mol. The van der Waals surface area contributed by atoms with Gasteiger partial charge in [0.1, 0.15) is 11.9 Å². The monoisotopic (exact) mass is 312 g/mol. The van der Waals surface area contributed by atoms with Gasteiger partial charge in [-0.05, 0) is 44.8 Å². The molecule has 4 nitrogen and oxygen atoms in total. The lowest BCUT2D eigenvalue weighted by Crippen LogP contribution is -2.35. The predicted molar refractivity (Wildman–Crippen MR) is 82.0 cm³/mol. The van der Waals surface area contributed by atoms with Crippen LogP contribution < -0.4 is 0 Å². The van der Waals surface area contributed by atoms with Crippen molar-refractivity contribution < 1.29 is 23.7 Å². The Bertz CT molecular complexity index is 442. The van der Waals surface area contributed by atoms with E-state index in [1.807, 2.05) is 0 Å². The van der Waals surface area contributed by atoms with Gasteiger partial charge >= 0.3 is 0 Å². The van der Waals surface area contributed by atoms with E-state index in [2.05, 4.69) is 6.58 Å². The predicted octanol–water partition coefficient (Wildman–Crippen LogP) is 3.03. The minimum Gasteiger partial charge on any atom is -0.496 e. The van der Waals surface area contributed by atoms with E-state index in [-0.39, 0.29) is 30.7 Å². The Morgan fingerprint density at radius 2 is 2.05 bits per heavy atom. The van der Waals surface area contributed by atoms with E-state index in [4.69, 9.17) is 14.2 Å². The smallest absolute Gasteiger partial charge is 0.124 e. The standard InChI is InChI=1S/C17H25FO4/c1-4-16(20-3)15(7-11(2)18)17(10-19)22-14-8-12-5-6-13(9-14)21-12/h4,7,12-14,17,19H,1,5-6,8-10H2,2-3H3/b11-7+,16-15-/t12-,13+,14-,17-/m0/s1. The first kappa shape index (κ1) is 17.2. The van der Waals surface area contributed by atoms with Crippen molar-refractivity contribution in [3.63, 3.8) is 0 Å². The number of ether oxygens (including phenoxy) is 3. The van der Waals surface area contributed by atoms with E-state index in [9.17, 15) is 9.50 Å². The number of fused-ring (bicyclic) bond motifs is 2. The Kier molecular flexibility index (Phi) is 6.17. The third-order valence-corrected chi connectivity index (χ3v) is 4.16. The molecule has 0 radical (unpaired) electrons. The second kappa shape index (κ2) is 7.90. The summed E-state index contributed by atoms with van der Waals surface area (Å²) in [5.41, 5.74) is 0.471. The molecule has 1 N–H and O–H groups in total. The van der Waals surface area contributed by atoms with Crippen molar-refractivity contribution in [1.82, 2.24) is 0 Å². The molecule has 2 rings (SSSR count). The zero-order chi connectivity index (χ0) is 16.1. The van der Waals surface area contributed by atoms with E-state index >= 15 is 0 Å². The summed E-state index contributed by atoms with van der Waals surface area (Å²) in [5, 5.41) is 9.70. The van der Waals surface area contributed by atoms with E-state index in [1.54, 1.807) is 0 Å². The first-order valence-electron chi connectivity index (χ1n) is 7.73. The summed E-state index contributed by atoms with van der Waals surface area (Å²) >= 11 is 0. The molecule has 2 fully saturated rings. The highest BCUT2D eigenvalue weighted by atomic mass is 19.1. The van der Waals surface area contributed by atoms with Crippen LogP contribution in [0.1, 0.15) is 32.6 Å². The van der Waals surface area contributed by atoms with Gasteiger partial charge in [0.05, 0.1) is 37.9 Å². The largest absolute Gasteiger partial charge is 0.496 e. The van der Waals surface area contributed by atoms with Crippen molar-refractivity contribution in [2.45, 2.75) is 57.0 Å². The van der Waals surface area contributed by atoms with Gasteiger partial charge in [0.15, 0.2) is 0 Å². The minimum atomic E-state index is -0.638. The molecule has 0 saturated carbocycles. The van der Waals surface area contributed by atoms with Crippen LogP contribution in [-0.4, -0.2) is 43.2 Å². The van der Waals surface area contributed by atoms with Gasteiger partial charge in [-0.1, -0.05) is 6.58 Å². The third kappa shape index (κ3) is 4.18. The quantitative estimate of drug-likeness (QED) is 0.580. The number of hydrogen-bond donors (Lipinski definition) is 1. The Hall–Kier alpha value is -1.17. The molecule has 2 aliphatic rings. The molecule has 0 aromatic rings. The normalized spacial score (nSPS) is 30.7. The van der Waals surface area contributed by atoms with Gasteiger partial charge in [0, 0.05) is 5.57 Å². The molecule has 0 amide bonds. The van der Waals surface area contributed by atoms with Gasteiger partial charge in [0.2, 0.25) is 0 Å².